The summed E-state index contributed by atoms with van der Waals surface area (Å²) in [6.45, 7) is 4.08. The van der Waals surface area contributed by atoms with Gasteiger partial charge in [0.05, 0.1) is 29.1 Å². The number of aromatic nitrogens is 2. The molecule has 25 heavy (non-hydrogen) atoms. The monoisotopic (exact) mass is 360 g/mol. The number of amides is 1. The van der Waals surface area contributed by atoms with Crippen LogP contribution >= 0.6 is 11.6 Å². The minimum absolute atomic E-state index is 0.0108. The van der Waals surface area contributed by atoms with Crippen LogP contribution in [-0.4, -0.2) is 40.5 Å². The van der Waals surface area contributed by atoms with Crippen molar-refractivity contribution in [2.24, 2.45) is 0 Å². The number of nitrogens with zero attached hydrogens (tertiary/aromatic N) is 3. The molecule has 1 saturated heterocycles. The minimum Gasteiger partial charge on any atom is -0.478 e. The molecule has 0 aliphatic carbocycles. The zero-order chi connectivity index (χ0) is 17.6. The zero-order valence-corrected chi connectivity index (χ0v) is 14.9. The number of pyridine rings is 2. The summed E-state index contributed by atoms with van der Waals surface area (Å²) in [4.78, 5) is 22.8. The summed E-state index contributed by atoms with van der Waals surface area (Å²) in [6, 6.07) is 5.27. The molecule has 2 aromatic heterocycles. The second-order valence-electron chi connectivity index (χ2n) is 5.85. The van der Waals surface area contributed by atoms with E-state index in [0.29, 0.717) is 28.9 Å². The molecule has 7 heteroatoms. The topological polar surface area (TPSA) is 67.3 Å². The fraction of sp³-hybridized carbons (Fsp3) is 0.389. The van der Waals surface area contributed by atoms with Crippen molar-refractivity contribution in [2.45, 2.75) is 26.2 Å². The van der Waals surface area contributed by atoms with Crippen molar-refractivity contribution in [3.8, 4) is 5.88 Å². The molecule has 0 spiro atoms. The van der Waals surface area contributed by atoms with E-state index in [1.54, 1.807) is 24.5 Å². The van der Waals surface area contributed by atoms with Crippen molar-refractivity contribution in [3.63, 3.8) is 0 Å². The Morgan fingerprint density at radius 3 is 2.68 bits per heavy atom. The van der Waals surface area contributed by atoms with Gasteiger partial charge >= 0.3 is 0 Å². The Morgan fingerprint density at radius 2 is 2.04 bits per heavy atom. The fourth-order valence-corrected chi connectivity index (χ4v) is 2.96. The fourth-order valence-electron chi connectivity index (χ4n) is 2.75. The predicted octanol–water partition coefficient (Wildman–Crippen LogP) is 3.90. The first kappa shape index (κ1) is 17.5. The normalized spacial score (nSPS) is 14.2. The Morgan fingerprint density at radius 1 is 1.24 bits per heavy atom. The summed E-state index contributed by atoms with van der Waals surface area (Å²) < 4.78 is 5.31. The average molecular weight is 361 g/mol. The maximum Gasteiger partial charge on any atom is 0.255 e. The van der Waals surface area contributed by atoms with Gasteiger partial charge in [0.1, 0.15) is 5.82 Å². The smallest absolute Gasteiger partial charge is 0.255 e. The molecule has 0 unspecified atom stereocenters. The number of halogens is 1. The molecule has 6 nitrogen and oxygen atoms in total. The van der Waals surface area contributed by atoms with Crippen molar-refractivity contribution in [1.29, 1.82) is 0 Å². The van der Waals surface area contributed by atoms with Gasteiger partial charge in [0, 0.05) is 25.4 Å². The summed E-state index contributed by atoms with van der Waals surface area (Å²) in [5.74, 6) is 1.04. The van der Waals surface area contributed by atoms with Crippen LogP contribution in [0, 0.1) is 0 Å². The number of carbonyl (C=O) groups excluding carboxylic acids is 1. The first-order valence-electron chi connectivity index (χ1n) is 8.48. The average Bonchev–Trinajstić information content (AvgIpc) is 2.65. The van der Waals surface area contributed by atoms with Gasteiger partial charge in [-0.15, -0.1) is 0 Å². The molecule has 2 aromatic rings. The van der Waals surface area contributed by atoms with Crippen molar-refractivity contribution >= 4 is 29.0 Å². The number of rotatable bonds is 5. The number of anilines is 2. The third-order valence-corrected chi connectivity index (χ3v) is 4.31. The lowest BCUT2D eigenvalue weighted by Gasteiger charge is -2.26. The van der Waals surface area contributed by atoms with Gasteiger partial charge in [0.15, 0.2) is 0 Å². The number of hydrogen-bond acceptors (Lipinski definition) is 5. The Hall–Kier alpha value is -2.34. The zero-order valence-electron chi connectivity index (χ0n) is 14.2. The molecule has 0 saturated carbocycles. The van der Waals surface area contributed by atoms with Crippen LogP contribution in [-0.2, 0) is 0 Å². The number of nitrogens with one attached hydrogen (secondary N) is 1. The van der Waals surface area contributed by atoms with Gasteiger partial charge in [-0.25, -0.2) is 9.97 Å². The molecule has 3 rings (SSSR count). The molecule has 132 valence electrons. The molecule has 0 bridgehead atoms. The quantitative estimate of drug-likeness (QED) is 0.875. The van der Waals surface area contributed by atoms with Gasteiger partial charge in [-0.3, -0.25) is 4.79 Å². The Bertz CT molecular complexity index is 730. The van der Waals surface area contributed by atoms with Crippen LogP contribution in [0.15, 0.2) is 30.6 Å². The van der Waals surface area contributed by atoms with Crippen molar-refractivity contribution in [3.05, 3.63) is 41.2 Å². The molecule has 0 aromatic carbocycles. The first-order chi connectivity index (χ1) is 12.2. The number of ether oxygens (including phenoxy) is 1. The summed E-state index contributed by atoms with van der Waals surface area (Å²) in [5.41, 5.74) is 1.26. The standard InChI is InChI=1S/C18H21ClN4O2/c1-2-25-16-7-6-14(12-20-16)22-17-15(19)10-13(11-21-17)18(24)23-8-4-3-5-9-23/h6-7,10-12H,2-5,8-9H2,1H3,(H,21,22). The van der Waals surface area contributed by atoms with E-state index in [9.17, 15) is 4.79 Å². The number of piperidine rings is 1. The lowest BCUT2D eigenvalue weighted by Crippen LogP contribution is -2.35. The Kier molecular flexibility index (Phi) is 5.71. The van der Waals surface area contributed by atoms with Crippen molar-refractivity contribution < 1.29 is 9.53 Å². The SMILES string of the molecule is CCOc1ccc(Nc2ncc(C(=O)N3CCCCC3)cc2Cl)cn1. The van der Waals surface area contributed by atoms with Gasteiger partial charge in [-0.05, 0) is 38.3 Å². The first-order valence-corrected chi connectivity index (χ1v) is 8.86. The summed E-state index contributed by atoms with van der Waals surface area (Å²) in [7, 11) is 0. The number of carbonyl (C=O) groups is 1. The maximum absolute atomic E-state index is 12.5. The molecular weight excluding hydrogens is 340 g/mol. The van der Waals surface area contributed by atoms with Crippen LogP contribution in [0.4, 0.5) is 11.5 Å². The van der Waals surface area contributed by atoms with Crippen LogP contribution < -0.4 is 10.1 Å². The van der Waals surface area contributed by atoms with Crippen LogP contribution in [0.1, 0.15) is 36.5 Å². The highest BCUT2D eigenvalue weighted by molar-refractivity contribution is 6.33. The molecule has 0 atom stereocenters. The highest BCUT2D eigenvalue weighted by Gasteiger charge is 2.19. The van der Waals surface area contributed by atoms with Crippen LogP contribution in [0.25, 0.3) is 0 Å². The van der Waals surface area contributed by atoms with E-state index in [2.05, 4.69) is 15.3 Å². The molecule has 1 fully saturated rings. The van der Waals surface area contributed by atoms with Gasteiger partial charge in [-0.2, -0.15) is 0 Å². The van der Waals surface area contributed by atoms with E-state index in [1.807, 2.05) is 17.9 Å². The van der Waals surface area contributed by atoms with Crippen molar-refractivity contribution in [2.75, 3.05) is 25.0 Å². The van der Waals surface area contributed by atoms with E-state index in [0.717, 1.165) is 31.6 Å². The molecule has 1 N–H and O–H groups in total. The lowest BCUT2D eigenvalue weighted by atomic mass is 10.1. The third-order valence-electron chi connectivity index (χ3n) is 4.02. The lowest BCUT2D eigenvalue weighted by molar-refractivity contribution is 0.0724. The molecule has 3 heterocycles. The van der Waals surface area contributed by atoms with Gasteiger partial charge in [-0.1, -0.05) is 11.6 Å². The maximum atomic E-state index is 12.5. The third kappa shape index (κ3) is 4.39. The highest BCUT2D eigenvalue weighted by atomic mass is 35.5. The predicted molar refractivity (Wildman–Crippen MR) is 97.7 cm³/mol. The molecule has 1 amide bonds. The largest absolute Gasteiger partial charge is 0.478 e. The molecule has 1 aliphatic rings. The van der Waals surface area contributed by atoms with Crippen LogP contribution in [0.5, 0.6) is 5.88 Å². The van der Waals surface area contributed by atoms with Gasteiger partial charge in [0.2, 0.25) is 5.88 Å². The Labute approximate surface area is 152 Å². The van der Waals surface area contributed by atoms with E-state index < -0.39 is 0 Å². The Balaban J connectivity index is 1.70. The number of hydrogen-bond donors (Lipinski definition) is 1. The van der Waals surface area contributed by atoms with Gasteiger partial charge < -0.3 is 15.0 Å². The van der Waals surface area contributed by atoms with E-state index in [1.165, 1.54) is 6.42 Å². The van der Waals surface area contributed by atoms with Crippen LogP contribution in [0.3, 0.4) is 0 Å². The minimum atomic E-state index is -0.0108. The molecule has 1 aliphatic heterocycles. The second kappa shape index (κ2) is 8.16. The van der Waals surface area contributed by atoms with Crippen molar-refractivity contribution in [1.82, 2.24) is 14.9 Å². The second-order valence-corrected chi connectivity index (χ2v) is 6.26. The van der Waals surface area contributed by atoms with Crippen LogP contribution in [0.2, 0.25) is 5.02 Å². The van der Waals surface area contributed by atoms with E-state index in [4.69, 9.17) is 16.3 Å². The summed E-state index contributed by atoms with van der Waals surface area (Å²) in [5, 5.41) is 3.50. The summed E-state index contributed by atoms with van der Waals surface area (Å²) >= 11 is 6.30. The van der Waals surface area contributed by atoms with E-state index in [-0.39, 0.29) is 5.91 Å². The highest BCUT2D eigenvalue weighted by Crippen LogP contribution is 2.25. The van der Waals surface area contributed by atoms with E-state index >= 15 is 0 Å². The van der Waals surface area contributed by atoms with Gasteiger partial charge in [0.25, 0.3) is 5.91 Å². The number of likely N-dealkylation sites (tertiary alicyclic amines) is 1. The summed E-state index contributed by atoms with van der Waals surface area (Å²) in [6.07, 6.45) is 6.50. The molecule has 0 radical (unpaired) electrons. The molecular formula is C18H21ClN4O2.